The van der Waals surface area contributed by atoms with Gasteiger partial charge in [0.05, 0.1) is 21.7 Å². The first kappa shape index (κ1) is 20.4. The Bertz CT molecular complexity index is 1060. The van der Waals surface area contributed by atoms with Crippen molar-refractivity contribution in [3.05, 3.63) is 62.6 Å². The fourth-order valence-electron chi connectivity index (χ4n) is 2.30. The van der Waals surface area contributed by atoms with Gasteiger partial charge in [-0.1, -0.05) is 23.2 Å². The summed E-state index contributed by atoms with van der Waals surface area (Å²) >= 11 is 12.9. The van der Waals surface area contributed by atoms with Gasteiger partial charge in [-0.15, -0.1) is 11.3 Å². The monoisotopic (exact) mass is 446 g/mol. The molecule has 0 atom stereocenters. The lowest BCUT2D eigenvalue weighted by Crippen LogP contribution is -2.17. The molecule has 0 saturated carbocycles. The van der Waals surface area contributed by atoms with Crippen LogP contribution in [-0.2, 0) is 13.2 Å². The number of halogens is 5. The first-order valence-corrected chi connectivity index (χ1v) is 9.22. The van der Waals surface area contributed by atoms with Crippen LogP contribution < -0.4 is 5.43 Å². The maximum Gasteiger partial charge on any atom is 0.433 e. The van der Waals surface area contributed by atoms with E-state index in [1.807, 2.05) is 0 Å². The van der Waals surface area contributed by atoms with Crippen LogP contribution in [0.2, 0.25) is 10.0 Å². The second-order valence-corrected chi connectivity index (χ2v) is 7.52. The lowest BCUT2D eigenvalue weighted by molar-refractivity contribution is -0.143. The van der Waals surface area contributed by atoms with Gasteiger partial charge >= 0.3 is 6.18 Å². The maximum absolute atomic E-state index is 12.9. The Morgan fingerprint density at radius 1 is 1.25 bits per heavy atom. The second kappa shape index (κ2) is 7.94. The number of amides is 1. The molecule has 5 nitrogen and oxygen atoms in total. The van der Waals surface area contributed by atoms with Gasteiger partial charge in [0.1, 0.15) is 11.4 Å². The van der Waals surface area contributed by atoms with Crippen LogP contribution in [-0.4, -0.2) is 21.9 Å². The number of rotatable bonds is 4. The number of nitrogens with zero attached hydrogens (tertiary/aromatic N) is 3. The van der Waals surface area contributed by atoms with Crippen molar-refractivity contribution in [2.75, 3.05) is 0 Å². The van der Waals surface area contributed by atoms with Crippen LogP contribution in [0.3, 0.4) is 0 Å². The summed E-state index contributed by atoms with van der Waals surface area (Å²) in [6, 6.07) is 8.71. The normalized spacial score (nSPS) is 11.9. The van der Waals surface area contributed by atoms with Crippen molar-refractivity contribution < 1.29 is 18.0 Å². The fourth-order valence-corrected chi connectivity index (χ4v) is 3.63. The summed E-state index contributed by atoms with van der Waals surface area (Å²) in [6.45, 7) is 0. The molecule has 0 aliphatic carbocycles. The number of hydrazone groups is 1. The summed E-state index contributed by atoms with van der Waals surface area (Å²) in [5, 5.41) is 8.32. The molecule has 1 aromatic carbocycles. The smallest absolute Gasteiger partial charge is 0.267 e. The zero-order chi connectivity index (χ0) is 20.5. The molecule has 11 heteroatoms. The van der Waals surface area contributed by atoms with Crippen LogP contribution in [0.1, 0.15) is 20.9 Å². The van der Waals surface area contributed by atoms with Crippen molar-refractivity contribution >= 4 is 46.7 Å². The number of nitrogens with one attached hydrogen (secondary N) is 1. The predicted molar refractivity (Wildman–Crippen MR) is 103 cm³/mol. The highest BCUT2D eigenvalue weighted by molar-refractivity contribution is 7.17. The SMILES string of the molecule is Cn1nc(-c2ccc(/C=N\NC(=O)c3ccc(Cl)cc3Cl)s2)cc1C(F)(F)F. The molecule has 2 aromatic heterocycles. The number of carbonyl (C=O) groups excluding carboxylic acids is 1. The number of carbonyl (C=O) groups is 1. The molecule has 146 valence electrons. The van der Waals surface area contributed by atoms with Crippen LogP contribution in [0.25, 0.3) is 10.6 Å². The Labute approximate surface area is 171 Å². The molecular weight excluding hydrogens is 436 g/mol. The minimum Gasteiger partial charge on any atom is -0.267 e. The highest BCUT2D eigenvalue weighted by atomic mass is 35.5. The van der Waals surface area contributed by atoms with E-state index < -0.39 is 17.8 Å². The molecule has 0 spiro atoms. The van der Waals surface area contributed by atoms with Crippen LogP contribution in [0, 0.1) is 0 Å². The summed E-state index contributed by atoms with van der Waals surface area (Å²) in [6.07, 6.45) is -3.10. The third kappa shape index (κ3) is 4.54. The Morgan fingerprint density at radius 2 is 2.00 bits per heavy atom. The van der Waals surface area contributed by atoms with E-state index in [-0.39, 0.29) is 16.3 Å². The minimum atomic E-state index is -4.48. The van der Waals surface area contributed by atoms with Gasteiger partial charge in [-0.3, -0.25) is 9.48 Å². The van der Waals surface area contributed by atoms with E-state index in [0.29, 0.717) is 14.8 Å². The van der Waals surface area contributed by atoms with E-state index in [1.165, 1.54) is 42.8 Å². The van der Waals surface area contributed by atoms with E-state index in [1.54, 1.807) is 12.1 Å². The van der Waals surface area contributed by atoms with E-state index in [0.717, 1.165) is 10.7 Å². The molecule has 0 unspecified atom stereocenters. The van der Waals surface area contributed by atoms with Crippen LogP contribution in [0.15, 0.2) is 41.5 Å². The summed E-state index contributed by atoms with van der Waals surface area (Å²) < 4.78 is 39.4. The molecule has 0 aliphatic heterocycles. The number of benzene rings is 1. The van der Waals surface area contributed by atoms with Crippen molar-refractivity contribution in [1.29, 1.82) is 0 Å². The van der Waals surface area contributed by atoms with Gasteiger partial charge in [0.25, 0.3) is 5.91 Å². The Morgan fingerprint density at radius 3 is 2.64 bits per heavy atom. The van der Waals surface area contributed by atoms with E-state index in [4.69, 9.17) is 23.2 Å². The van der Waals surface area contributed by atoms with Gasteiger partial charge in [0.15, 0.2) is 0 Å². The quantitative estimate of drug-likeness (QED) is 0.440. The van der Waals surface area contributed by atoms with Crippen LogP contribution in [0.5, 0.6) is 0 Å². The number of hydrogen-bond donors (Lipinski definition) is 1. The summed E-state index contributed by atoms with van der Waals surface area (Å²) in [5.74, 6) is -0.519. The van der Waals surface area contributed by atoms with Crippen molar-refractivity contribution in [2.24, 2.45) is 12.1 Å². The van der Waals surface area contributed by atoms with Gasteiger partial charge < -0.3 is 0 Å². The number of aryl methyl sites for hydroxylation is 1. The summed E-state index contributed by atoms with van der Waals surface area (Å²) in [4.78, 5) is 13.2. The third-order valence-corrected chi connectivity index (χ3v) is 5.17. The molecule has 1 N–H and O–H groups in total. The van der Waals surface area contributed by atoms with E-state index in [9.17, 15) is 18.0 Å². The van der Waals surface area contributed by atoms with E-state index in [2.05, 4.69) is 15.6 Å². The molecule has 0 fully saturated rings. The van der Waals surface area contributed by atoms with E-state index >= 15 is 0 Å². The molecule has 0 bridgehead atoms. The number of thiophene rings is 1. The molecule has 28 heavy (non-hydrogen) atoms. The third-order valence-electron chi connectivity index (χ3n) is 3.58. The lowest BCUT2D eigenvalue weighted by atomic mass is 10.2. The van der Waals surface area contributed by atoms with Crippen molar-refractivity contribution in [3.8, 4) is 10.6 Å². The Hall–Kier alpha value is -2.36. The molecular formula is C17H11Cl2F3N4OS. The summed E-state index contributed by atoms with van der Waals surface area (Å²) in [5.41, 5.74) is 1.91. The van der Waals surface area contributed by atoms with Gasteiger partial charge in [-0.2, -0.15) is 23.4 Å². The van der Waals surface area contributed by atoms with Gasteiger partial charge in [0, 0.05) is 16.9 Å². The maximum atomic E-state index is 12.9. The second-order valence-electron chi connectivity index (χ2n) is 5.56. The van der Waals surface area contributed by atoms with Crippen molar-refractivity contribution in [1.82, 2.24) is 15.2 Å². The first-order valence-electron chi connectivity index (χ1n) is 7.65. The zero-order valence-electron chi connectivity index (χ0n) is 14.1. The molecule has 1 amide bonds. The molecule has 3 aromatic rings. The highest BCUT2D eigenvalue weighted by Gasteiger charge is 2.35. The number of aromatic nitrogens is 2. The number of hydrogen-bond acceptors (Lipinski definition) is 4. The van der Waals surface area contributed by atoms with Crippen molar-refractivity contribution in [3.63, 3.8) is 0 Å². The predicted octanol–water partition coefficient (Wildman–Crippen LogP) is 5.24. The Balaban J connectivity index is 1.70. The standard InChI is InChI=1S/C17H11Cl2F3N4OS/c1-26-15(17(20,21)22)7-13(25-26)14-5-3-10(28-14)8-23-24-16(27)11-4-2-9(18)6-12(11)19/h2-8H,1H3,(H,24,27)/b23-8-. The fraction of sp³-hybridized carbons (Fsp3) is 0.118. The van der Waals surface area contributed by atoms with Crippen LogP contribution >= 0.6 is 34.5 Å². The minimum absolute atomic E-state index is 0.189. The molecule has 2 heterocycles. The van der Waals surface area contributed by atoms with Gasteiger partial charge in [-0.25, -0.2) is 5.43 Å². The highest BCUT2D eigenvalue weighted by Crippen LogP contribution is 2.33. The molecule has 0 saturated heterocycles. The first-order chi connectivity index (χ1) is 13.1. The summed E-state index contributed by atoms with van der Waals surface area (Å²) in [7, 11) is 1.24. The van der Waals surface area contributed by atoms with Gasteiger partial charge in [-0.05, 0) is 36.4 Å². The Kier molecular flexibility index (Phi) is 5.78. The average molecular weight is 447 g/mol. The zero-order valence-corrected chi connectivity index (χ0v) is 16.4. The molecule has 0 aliphatic rings. The number of alkyl halides is 3. The molecule has 3 rings (SSSR count). The lowest BCUT2D eigenvalue weighted by Gasteiger charge is -2.04. The largest absolute Gasteiger partial charge is 0.433 e. The van der Waals surface area contributed by atoms with Crippen LogP contribution in [0.4, 0.5) is 13.2 Å². The molecule has 0 radical (unpaired) electrons. The average Bonchev–Trinajstić information content (AvgIpc) is 3.20. The topological polar surface area (TPSA) is 59.3 Å². The van der Waals surface area contributed by atoms with Gasteiger partial charge in [0.2, 0.25) is 0 Å². The van der Waals surface area contributed by atoms with Crippen molar-refractivity contribution in [2.45, 2.75) is 6.18 Å².